The molecule has 0 saturated carbocycles. The number of hydrogen-bond donors (Lipinski definition) is 1. The third-order valence-electron chi connectivity index (χ3n) is 3.79. The zero-order chi connectivity index (χ0) is 14.9. The first kappa shape index (κ1) is 14.8. The van der Waals surface area contributed by atoms with Crippen molar-refractivity contribution in [3.05, 3.63) is 35.0 Å². The van der Waals surface area contributed by atoms with Crippen molar-refractivity contribution < 1.29 is 4.74 Å². The Labute approximate surface area is 121 Å². The third kappa shape index (κ3) is 2.78. The number of fused-ring (bicyclic) bond motifs is 1. The molecule has 0 unspecified atom stereocenters. The molecule has 3 nitrogen and oxygen atoms in total. The molecule has 0 aliphatic carbocycles. The highest BCUT2D eigenvalue weighted by molar-refractivity contribution is 5.88. The largest absolute Gasteiger partial charge is 0.496 e. The molecule has 3 heteroatoms. The van der Waals surface area contributed by atoms with E-state index in [4.69, 9.17) is 10.5 Å². The minimum Gasteiger partial charge on any atom is -0.496 e. The SMILES string of the molecule is COc1ccc2nc(C)cc(C)c2c1CC(C)(C)CN. The van der Waals surface area contributed by atoms with E-state index in [2.05, 4.69) is 31.8 Å². The quantitative estimate of drug-likeness (QED) is 0.928. The number of benzene rings is 1. The van der Waals surface area contributed by atoms with Gasteiger partial charge in [-0.2, -0.15) is 0 Å². The van der Waals surface area contributed by atoms with Gasteiger partial charge in [0.1, 0.15) is 5.75 Å². The molecule has 0 saturated heterocycles. The summed E-state index contributed by atoms with van der Waals surface area (Å²) >= 11 is 0. The van der Waals surface area contributed by atoms with E-state index in [-0.39, 0.29) is 5.41 Å². The van der Waals surface area contributed by atoms with Gasteiger partial charge in [-0.15, -0.1) is 0 Å². The summed E-state index contributed by atoms with van der Waals surface area (Å²) in [7, 11) is 1.72. The number of nitrogens with two attached hydrogens (primary N) is 1. The van der Waals surface area contributed by atoms with Crippen LogP contribution in [0.5, 0.6) is 5.75 Å². The lowest BCUT2D eigenvalue weighted by molar-refractivity contribution is 0.360. The van der Waals surface area contributed by atoms with Gasteiger partial charge in [-0.3, -0.25) is 4.98 Å². The Balaban J connectivity index is 2.71. The number of pyridine rings is 1. The Hall–Kier alpha value is -1.61. The lowest BCUT2D eigenvalue weighted by atomic mass is 9.83. The van der Waals surface area contributed by atoms with Crippen LogP contribution in [0.3, 0.4) is 0 Å². The van der Waals surface area contributed by atoms with Gasteiger partial charge in [-0.1, -0.05) is 13.8 Å². The van der Waals surface area contributed by atoms with Gasteiger partial charge in [0.05, 0.1) is 12.6 Å². The van der Waals surface area contributed by atoms with E-state index in [9.17, 15) is 0 Å². The Morgan fingerprint density at radius 3 is 2.55 bits per heavy atom. The average Bonchev–Trinajstić information content (AvgIpc) is 2.38. The van der Waals surface area contributed by atoms with Gasteiger partial charge >= 0.3 is 0 Å². The summed E-state index contributed by atoms with van der Waals surface area (Å²) in [5.74, 6) is 0.924. The third-order valence-corrected chi connectivity index (χ3v) is 3.79. The predicted octanol–water partition coefficient (Wildman–Crippen LogP) is 3.39. The first-order valence-electron chi connectivity index (χ1n) is 7.02. The molecule has 2 N–H and O–H groups in total. The summed E-state index contributed by atoms with van der Waals surface area (Å²) < 4.78 is 5.56. The molecule has 0 bridgehead atoms. The number of aromatic nitrogens is 1. The fourth-order valence-corrected chi connectivity index (χ4v) is 2.67. The molecule has 108 valence electrons. The Bertz CT molecular complexity index is 632. The molecule has 0 aliphatic heterocycles. The summed E-state index contributed by atoms with van der Waals surface area (Å²) in [6.45, 7) is 9.17. The maximum absolute atomic E-state index is 5.90. The van der Waals surface area contributed by atoms with Crippen LogP contribution in [0.25, 0.3) is 10.9 Å². The number of aryl methyl sites for hydroxylation is 2. The fraction of sp³-hybridized carbons (Fsp3) is 0.471. The van der Waals surface area contributed by atoms with E-state index in [1.165, 1.54) is 16.5 Å². The first-order chi connectivity index (χ1) is 9.38. The Morgan fingerprint density at radius 1 is 1.25 bits per heavy atom. The summed E-state index contributed by atoms with van der Waals surface area (Å²) in [6.07, 6.45) is 0.885. The molecule has 0 amide bonds. The second-order valence-electron chi connectivity index (χ2n) is 6.27. The molecule has 2 rings (SSSR count). The van der Waals surface area contributed by atoms with E-state index in [0.717, 1.165) is 23.4 Å². The average molecular weight is 272 g/mol. The zero-order valence-corrected chi connectivity index (χ0v) is 13.1. The van der Waals surface area contributed by atoms with Crippen LogP contribution in [0.15, 0.2) is 18.2 Å². The number of methoxy groups -OCH3 is 1. The van der Waals surface area contributed by atoms with Crippen LogP contribution in [0, 0.1) is 19.3 Å². The minimum absolute atomic E-state index is 0.0406. The summed E-state index contributed by atoms with van der Waals surface area (Å²) in [5.41, 5.74) is 10.5. The summed E-state index contributed by atoms with van der Waals surface area (Å²) in [4.78, 5) is 4.64. The van der Waals surface area contributed by atoms with Crippen molar-refractivity contribution in [2.45, 2.75) is 34.1 Å². The number of rotatable bonds is 4. The second kappa shape index (κ2) is 5.41. The van der Waals surface area contributed by atoms with E-state index in [1.54, 1.807) is 7.11 Å². The predicted molar refractivity (Wildman–Crippen MR) is 84.3 cm³/mol. The fourth-order valence-electron chi connectivity index (χ4n) is 2.67. The van der Waals surface area contributed by atoms with Crippen LogP contribution in [0.4, 0.5) is 0 Å². The highest BCUT2D eigenvalue weighted by atomic mass is 16.5. The van der Waals surface area contributed by atoms with Gasteiger partial charge < -0.3 is 10.5 Å². The number of ether oxygens (including phenoxy) is 1. The smallest absolute Gasteiger partial charge is 0.122 e. The van der Waals surface area contributed by atoms with Crippen LogP contribution in [0.2, 0.25) is 0 Å². The Morgan fingerprint density at radius 2 is 1.95 bits per heavy atom. The van der Waals surface area contributed by atoms with Gasteiger partial charge in [-0.25, -0.2) is 0 Å². The summed E-state index contributed by atoms with van der Waals surface area (Å²) in [5, 5.41) is 1.21. The molecular weight excluding hydrogens is 248 g/mol. The van der Waals surface area contributed by atoms with Crippen LogP contribution < -0.4 is 10.5 Å². The first-order valence-corrected chi connectivity index (χ1v) is 7.02. The van der Waals surface area contributed by atoms with Gasteiger partial charge in [0.15, 0.2) is 0 Å². The van der Waals surface area contributed by atoms with E-state index >= 15 is 0 Å². The molecule has 1 aromatic carbocycles. The van der Waals surface area contributed by atoms with Crippen molar-refractivity contribution in [3.8, 4) is 5.75 Å². The lowest BCUT2D eigenvalue weighted by Gasteiger charge is -2.25. The van der Waals surface area contributed by atoms with Crippen LogP contribution in [0.1, 0.15) is 30.7 Å². The minimum atomic E-state index is 0.0406. The molecule has 0 radical (unpaired) electrons. The molecule has 0 atom stereocenters. The van der Waals surface area contributed by atoms with Crippen LogP contribution in [-0.4, -0.2) is 18.6 Å². The maximum Gasteiger partial charge on any atom is 0.122 e. The van der Waals surface area contributed by atoms with Gasteiger partial charge in [0.2, 0.25) is 0 Å². The van der Waals surface area contributed by atoms with Gasteiger partial charge in [0.25, 0.3) is 0 Å². The van der Waals surface area contributed by atoms with Crippen molar-refractivity contribution >= 4 is 10.9 Å². The second-order valence-corrected chi connectivity index (χ2v) is 6.27. The van der Waals surface area contributed by atoms with Crippen molar-refractivity contribution in [2.75, 3.05) is 13.7 Å². The molecule has 0 spiro atoms. The number of hydrogen-bond acceptors (Lipinski definition) is 3. The molecule has 0 aliphatic rings. The van der Waals surface area contributed by atoms with E-state index in [0.29, 0.717) is 6.54 Å². The summed E-state index contributed by atoms with van der Waals surface area (Å²) in [6, 6.07) is 6.17. The number of nitrogens with zero attached hydrogens (tertiary/aromatic N) is 1. The Kier molecular flexibility index (Phi) is 4.00. The normalized spacial score (nSPS) is 11.9. The topological polar surface area (TPSA) is 48.1 Å². The van der Waals surface area contributed by atoms with E-state index < -0.39 is 0 Å². The van der Waals surface area contributed by atoms with Crippen molar-refractivity contribution in [2.24, 2.45) is 11.1 Å². The van der Waals surface area contributed by atoms with Crippen molar-refractivity contribution in [3.63, 3.8) is 0 Å². The molecule has 2 aromatic rings. The van der Waals surface area contributed by atoms with Gasteiger partial charge in [0, 0.05) is 16.6 Å². The molecule has 1 aromatic heterocycles. The zero-order valence-electron chi connectivity index (χ0n) is 13.1. The van der Waals surface area contributed by atoms with Crippen LogP contribution >= 0.6 is 0 Å². The highest BCUT2D eigenvalue weighted by Gasteiger charge is 2.21. The van der Waals surface area contributed by atoms with E-state index in [1.807, 2.05) is 19.1 Å². The standard InChI is InChI=1S/C17H24N2O/c1-11-8-12(2)19-14-6-7-15(20-5)13(16(11)14)9-17(3,4)10-18/h6-8H,9-10,18H2,1-5H3. The van der Waals surface area contributed by atoms with Crippen LogP contribution in [-0.2, 0) is 6.42 Å². The lowest BCUT2D eigenvalue weighted by Crippen LogP contribution is -2.26. The maximum atomic E-state index is 5.90. The van der Waals surface area contributed by atoms with Crippen molar-refractivity contribution in [1.82, 2.24) is 4.98 Å². The molecular formula is C17H24N2O. The molecule has 0 fully saturated rings. The van der Waals surface area contributed by atoms with Crippen molar-refractivity contribution in [1.29, 1.82) is 0 Å². The van der Waals surface area contributed by atoms with Gasteiger partial charge in [-0.05, 0) is 56.0 Å². The monoisotopic (exact) mass is 272 g/mol. The molecule has 1 heterocycles. The molecule has 20 heavy (non-hydrogen) atoms. The highest BCUT2D eigenvalue weighted by Crippen LogP contribution is 2.34.